The van der Waals surface area contributed by atoms with Crippen molar-refractivity contribution in [2.45, 2.75) is 23.4 Å². The van der Waals surface area contributed by atoms with E-state index in [-0.39, 0.29) is 18.7 Å². The maximum atomic E-state index is 12.8. The minimum Gasteiger partial charge on any atom is -0.368 e. The van der Waals surface area contributed by atoms with Gasteiger partial charge in [0.05, 0.1) is 17.7 Å². The molecule has 1 aromatic rings. The molecule has 2 rings (SSSR count). The first-order valence-electron chi connectivity index (χ1n) is 5.23. The molecule has 1 aliphatic rings. The summed E-state index contributed by atoms with van der Waals surface area (Å²) in [5.74, 6) is 0. The van der Waals surface area contributed by atoms with Crippen molar-refractivity contribution in [1.29, 1.82) is 0 Å². The summed E-state index contributed by atoms with van der Waals surface area (Å²) >= 11 is 0. The van der Waals surface area contributed by atoms with Gasteiger partial charge in [0, 0.05) is 0 Å². The maximum absolute atomic E-state index is 12.8. The average molecular weight is 336 g/mol. The van der Waals surface area contributed by atoms with Crippen LogP contribution in [0.25, 0.3) is 0 Å². The van der Waals surface area contributed by atoms with Crippen molar-refractivity contribution in [3.05, 3.63) is 28.8 Å². The Morgan fingerprint density at radius 1 is 1.05 bits per heavy atom. The second-order valence-corrected chi connectivity index (χ2v) is 5.60. The van der Waals surface area contributed by atoms with Crippen LogP contribution in [0.2, 0.25) is 0 Å². The van der Waals surface area contributed by atoms with Crippen molar-refractivity contribution in [3.8, 4) is 0 Å². The summed E-state index contributed by atoms with van der Waals surface area (Å²) in [5, 5.41) is 0. The molecule has 1 saturated heterocycles. The normalized spacial score (nSPS) is 19.7. The Kier molecular flexibility index (Phi) is 3.50. The van der Waals surface area contributed by atoms with Crippen molar-refractivity contribution >= 4 is 10.1 Å². The van der Waals surface area contributed by atoms with Gasteiger partial charge < -0.3 is 4.74 Å². The molecule has 1 fully saturated rings. The van der Waals surface area contributed by atoms with Gasteiger partial charge in [-0.25, -0.2) is 0 Å². The highest BCUT2D eigenvalue weighted by Gasteiger charge is 2.46. The van der Waals surface area contributed by atoms with Gasteiger partial charge in [0.1, 0.15) is 11.0 Å². The number of ether oxygens (including phenoxy) is 1. The van der Waals surface area contributed by atoms with E-state index in [0.717, 1.165) is 0 Å². The number of rotatable bonds is 2. The Hall–Kier alpha value is -1.33. The van der Waals surface area contributed by atoms with Crippen molar-refractivity contribution in [2.75, 3.05) is 6.61 Å². The number of alkyl halides is 6. The standard InChI is InChI=1S/C10H6F6O4S/c11-9(12,13)5-1-4(7-3-20-7)2-6(10(14,15)16)8(5)21(17,18)19/h1-2,7H,3H2,(H,17,18,19). The number of benzene rings is 1. The molecule has 1 heterocycles. The summed E-state index contributed by atoms with van der Waals surface area (Å²) in [6.45, 7) is -0.0696. The lowest BCUT2D eigenvalue weighted by molar-refractivity contribution is -0.147. The van der Waals surface area contributed by atoms with E-state index in [0.29, 0.717) is 0 Å². The lowest BCUT2D eigenvalue weighted by Gasteiger charge is -2.18. The molecule has 21 heavy (non-hydrogen) atoms. The fraction of sp³-hybridized carbons (Fsp3) is 0.400. The molecule has 0 saturated carbocycles. The van der Waals surface area contributed by atoms with E-state index >= 15 is 0 Å². The molecule has 0 aromatic heterocycles. The van der Waals surface area contributed by atoms with Gasteiger partial charge in [0.2, 0.25) is 0 Å². The smallest absolute Gasteiger partial charge is 0.368 e. The summed E-state index contributed by atoms with van der Waals surface area (Å²) in [6, 6.07) is 0.464. The highest BCUT2D eigenvalue weighted by molar-refractivity contribution is 7.86. The van der Waals surface area contributed by atoms with Crippen LogP contribution in [-0.2, 0) is 27.2 Å². The van der Waals surface area contributed by atoms with Crippen LogP contribution < -0.4 is 0 Å². The molecule has 118 valence electrons. The summed E-state index contributed by atoms with van der Waals surface area (Å²) in [4.78, 5) is -2.20. The Morgan fingerprint density at radius 3 is 1.67 bits per heavy atom. The van der Waals surface area contributed by atoms with E-state index in [1.165, 1.54) is 0 Å². The van der Waals surface area contributed by atoms with Crippen LogP contribution in [0.15, 0.2) is 17.0 Å². The highest BCUT2D eigenvalue weighted by atomic mass is 32.2. The first-order valence-corrected chi connectivity index (χ1v) is 6.67. The molecule has 1 N–H and O–H groups in total. The molecule has 0 spiro atoms. The largest absolute Gasteiger partial charge is 0.417 e. The SMILES string of the molecule is O=S(=O)(O)c1c(C(F)(F)F)cc(C2CO2)cc1C(F)(F)F. The second kappa shape index (κ2) is 4.58. The van der Waals surface area contributed by atoms with Gasteiger partial charge in [-0.1, -0.05) is 0 Å². The minimum absolute atomic E-state index is 0.0696. The Balaban J connectivity index is 2.87. The van der Waals surface area contributed by atoms with E-state index in [1.54, 1.807) is 0 Å². The van der Waals surface area contributed by atoms with Gasteiger partial charge >= 0.3 is 12.4 Å². The monoisotopic (exact) mass is 336 g/mol. The summed E-state index contributed by atoms with van der Waals surface area (Å²) in [7, 11) is -5.73. The topological polar surface area (TPSA) is 66.9 Å². The van der Waals surface area contributed by atoms with Crippen molar-refractivity contribution in [1.82, 2.24) is 0 Å². The average Bonchev–Trinajstić information content (AvgIpc) is 3.07. The van der Waals surface area contributed by atoms with Gasteiger partial charge in [0.15, 0.2) is 0 Å². The van der Waals surface area contributed by atoms with Gasteiger partial charge in [0.25, 0.3) is 10.1 Å². The fourth-order valence-corrected chi connectivity index (χ4v) is 2.68. The van der Waals surface area contributed by atoms with Crippen LogP contribution in [0.3, 0.4) is 0 Å². The lowest BCUT2D eigenvalue weighted by atomic mass is 10.0. The zero-order valence-corrected chi connectivity index (χ0v) is 10.6. The van der Waals surface area contributed by atoms with E-state index < -0.39 is 50.2 Å². The molecule has 0 bridgehead atoms. The Bertz CT molecular complexity index is 637. The maximum Gasteiger partial charge on any atom is 0.417 e. The van der Waals surface area contributed by atoms with Crippen LogP contribution in [0.1, 0.15) is 22.8 Å². The fourth-order valence-electron chi connectivity index (χ4n) is 1.78. The van der Waals surface area contributed by atoms with Crippen LogP contribution in [0.4, 0.5) is 26.3 Å². The van der Waals surface area contributed by atoms with Crippen molar-refractivity contribution in [3.63, 3.8) is 0 Å². The summed E-state index contributed by atoms with van der Waals surface area (Å²) < 4.78 is 112. The first-order chi connectivity index (χ1) is 9.32. The highest BCUT2D eigenvalue weighted by Crippen LogP contribution is 2.45. The summed E-state index contributed by atoms with van der Waals surface area (Å²) in [5.41, 5.74) is -4.61. The van der Waals surface area contributed by atoms with E-state index in [9.17, 15) is 34.8 Å². The quantitative estimate of drug-likeness (QED) is 0.512. The Labute approximate surface area is 114 Å². The third-order valence-electron chi connectivity index (χ3n) is 2.69. The zero-order valence-electron chi connectivity index (χ0n) is 9.79. The van der Waals surface area contributed by atoms with Gasteiger partial charge in [-0.2, -0.15) is 34.8 Å². The minimum atomic E-state index is -5.73. The number of epoxide rings is 1. The van der Waals surface area contributed by atoms with Crippen molar-refractivity contribution in [2.24, 2.45) is 0 Å². The van der Waals surface area contributed by atoms with Crippen LogP contribution >= 0.6 is 0 Å². The predicted octanol–water partition coefficient (Wildman–Crippen LogP) is 3.04. The molecule has 1 unspecified atom stereocenters. The molecule has 0 amide bonds. The molecular formula is C10H6F6O4S. The third-order valence-corrected chi connectivity index (χ3v) is 3.64. The van der Waals surface area contributed by atoms with Crippen LogP contribution in [0, 0.1) is 0 Å². The van der Waals surface area contributed by atoms with E-state index in [2.05, 4.69) is 4.74 Å². The van der Waals surface area contributed by atoms with Gasteiger partial charge in [-0.3, -0.25) is 4.55 Å². The number of hydrogen-bond donors (Lipinski definition) is 1. The van der Waals surface area contributed by atoms with E-state index in [1.807, 2.05) is 0 Å². The lowest BCUT2D eigenvalue weighted by Crippen LogP contribution is -2.20. The number of halogens is 6. The molecule has 0 radical (unpaired) electrons. The zero-order chi connectivity index (χ0) is 16.2. The van der Waals surface area contributed by atoms with Gasteiger partial charge in [-0.05, 0) is 17.7 Å². The van der Waals surface area contributed by atoms with Gasteiger partial charge in [-0.15, -0.1) is 0 Å². The van der Waals surface area contributed by atoms with Crippen LogP contribution in [0.5, 0.6) is 0 Å². The van der Waals surface area contributed by atoms with E-state index in [4.69, 9.17) is 4.55 Å². The molecule has 1 aromatic carbocycles. The molecule has 1 aliphatic heterocycles. The first kappa shape index (κ1) is 16.0. The van der Waals surface area contributed by atoms with Crippen LogP contribution in [-0.4, -0.2) is 19.6 Å². The van der Waals surface area contributed by atoms with Crippen molar-refractivity contribution < 1.29 is 44.0 Å². The Morgan fingerprint density at radius 2 is 1.43 bits per heavy atom. The second-order valence-electron chi connectivity index (χ2n) is 4.24. The molecule has 0 aliphatic carbocycles. The summed E-state index contributed by atoms with van der Waals surface area (Å²) in [6.07, 6.45) is -11.7. The molecule has 4 nitrogen and oxygen atoms in total. The molecule has 1 atom stereocenters. The molecular weight excluding hydrogens is 330 g/mol. The predicted molar refractivity (Wildman–Crippen MR) is 55.0 cm³/mol. The number of hydrogen-bond acceptors (Lipinski definition) is 3. The third kappa shape index (κ3) is 3.30. The molecule has 11 heteroatoms.